The zero-order chi connectivity index (χ0) is 15.8. The molecule has 0 saturated carbocycles. The quantitative estimate of drug-likeness (QED) is 0.546. The molecule has 2 aliphatic rings. The van der Waals surface area contributed by atoms with Crippen molar-refractivity contribution < 1.29 is 19.1 Å². The first-order valence-electron chi connectivity index (χ1n) is 7.80. The van der Waals surface area contributed by atoms with E-state index in [9.17, 15) is 9.59 Å². The number of morpholine rings is 1. The number of rotatable bonds is 6. The van der Waals surface area contributed by atoms with Gasteiger partial charge in [-0.2, -0.15) is 0 Å². The molecule has 1 atom stereocenters. The summed E-state index contributed by atoms with van der Waals surface area (Å²) in [5.41, 5.74) is 0. The standard InChI is InChI=1S/C14H26N4O4/c1-21-8-3-16-13(19)11-17-4-6-18(7-5-17)14(20)12-10-15-2-9-22-12/h12,15H,2-11H2,1H3,(H,16,19). The van der Waals surface area contributed by atoms with E-state index >= 15 is 0 Å². The maximum absolute atomic E-state index is 12.3. The predicted octanol–water partition coefficient (Wildman–Crippen LogP) is -2.12. The summed E-state index contributed by atoms with van der Waals surface area (Å²) in [5, 5.41) is 5.97. The minimum Gasteiger partial charge on any atom is -0.383 e. The molecule has 0 aromatic rings. The van der Waals surface area contributed by atoms with E-state index in [2.05, 4.69) is 15.5 Å². The SMILES string of the molecule is COCCNC(=O)CN1CCN(C(=O)C2CNCCO2)CC1. The van der Waals surface area contributed by atoms with Gasteiger partial charge in [0.2, 0.25) is 5.91 Å². The first-order chi connectivity index (χ1) is 10.7. The van der Waals surface area contributed by atoms with Crippen molar-refractivity contribution in [2.45, 2.75) is 6.10 Å². The van der Waals surface area contributed by atoms with Crippen LogP contribution in [0, 0.1) is 0 Å². The maximum atomic E-state index is 12.3. The molecule has 126 valence electrons. The third kappa shape index (κ3) is 5.20. The molecule has 2 rings (SSSR count). The Labute approximate surface area is 131 Å². The number of piperazine rings is 1. The molecule has 2 N–H and O–H groups in total. The largest absolute Gasteiger partial charge is 0.383 e. The zero-order valence-corrected chi connectivity index (χ0v) is 13.2. The molecule has 0 aliphatic carbocycles. The molecule has 22 heavy (non-hydrogen) atoms. The number of nitrogens with one attached hydrogen (secondary N) is 2. The summed E-state index contributed by atoms with van der Waals surface area (Å²) in [7, 11) is 1.61. The summed E-state index contributed by atoms with van der Waals surface area (Å²) in [6, 6.07) is 0. The summed E-state index contributed by atoms with van der Waals surface area (Å²) in [5.74, 6) is 0.0491. The second-order valence-electron chi connectivity index (χ2n) is 5.51. The summed E-state index contributed by atoms with van der Waals surface area (Å²) in [6.07, 6.45) is -0.363. The van der Waals surface area contributed by atoms with Gasteiger partial charge in [-0.25, -0.2) is 0 Å². The first kappa shape index (κ1) is 17.1. The highest BCUT2D eigenvalue weighted by molar-refractivity contribution is 5.81. The summed E-state index contributed by atoms with van der Waals surface area (Å²) >= 11 is 0. The molecule has 8 nitrogen and oxygen atoms in total. The Kier molecular flexibility index (Phi) is 7.04. The Balaban J connectivity index is 1.66. The lowest BCUT2D eigenvalue weighted by Gasteiger charge is -2.36. The highest BCUT2D eigenvalue weighted by Crippen LogP contribution is 2.07. The molecule has 2 amide bonds. The monoisotopic (exact) mass is 314 g/mol. The van der Waals surface area contributed by atoms with Gasteiger partial charge in [-0.05, 0) is 0 Å². The lowest BCUT2D eigenvalue weighted by Crippen LogP contribution is -2.56. The van der Waals surface area contributed by atoms with Gasteiger partial charge in [0.1, 0.15) is 6.10 Å². The van der Waals surface area contributed by atoms with Crippen molar-refractivity contribution in [2.24, 2.45) is 0 Å². The van der Waals surface area contributed by atoms with Crippen molar-refractivity contribution in [3.05, 3.63) is 0 Å². The van der Waals surface area contributed by atoms with E-state index in [4.69, 9.17) is 9.47 Å². The van der Waals surface area contributed by atoms with Gasteiger partial charge in [0, 0.05) is 52.9 Å². The first-order valence-corrected chi connectivity index (χ1v) is 7.80. The van der Waals surface area contributed by atoms with E-state index in [1.807, 2.05) is 4.90 Å². The van der Waals surface area contributed by atoms with E-state index in [1.54, 1.807) is 7.11 Å². The predicted molar refractivity (Wildman–Crippen MR) is 80.5 cm³/mol. The normalized spacial score (nSPS) is 23.3. The Morgan fingerprint density at radius 1 is 1.32 bits per heavy atom. The number of methoxy groups -OCH3 is 1. The van der Waals surface area contributed by atoms with Gasteiger partial charge in [-0.15, -0.1) is 0 Å². The van der Waals surface area contributed by atoms with E-state index in [-0.39, 0.29) is 17.9 Å². The van der Waals surface area contributed by atoms with Crippen molar-refractivity contribution in [3.8, 4) is 0 Å². The molecule has 2 fully saturated rings. The lowest BCUT2D eigenvalue weighted by molar-refractivity contribution is -0.147. The van der Waals surface area contributed by atoms with Crippen molar-refractivity contribution in [1.82, 2.24) is 20.4 Å². The summed E-state index contributed by atoms with van der Waals surface area (Å²) < 4.78 is 10.4. The van der Waals surface area contributed by atoms with E-state index in [0.717, 1.165) is 6.54 Å². The topological polar surface area (TPSA) is 83.1 Å². The zero-order valence-electron chi connectivity index (χ0n) is 13.2. The van der Waals surface area contributed by atoms with Crippen molar-refractivity contribution in [3.63, 3.8) is 0 Å². The highest BCUT2D eigenvalue weighted by Gasteiger charge is 2.29. The van der Waals surface area contributed by atoms with Crippen LogP contribution in [0.1, 0.15) is 0 Å². The number of nitrogens with zero attached hydrogens (tertiary/aromatic N) is 2. The number of amides is 2. The molecule has 2 saturated heterocycles. The Morgan fingerprint density at radius 3 is 2.73 bits per heavy atom. The second kappa shape index (κ2) is 9.04. The number of hydrogen-bond donors (Lipinski definition) is 2. The number of carbonyl (C=O) groups excluding carboxylic acids is 2. The molecule has 1 unspecified atom stereocenters. The third-order valence-corrected chi connectivity index (χ3v) is 3.88. The molecule has 2 aliphatic heterocycles. The molecule has 2 heterocycles. The van der Waals surface area contributed by atoms with Crippen LogP contribution in [0.3, 0.4) is 0 Å². The molecule has 0 aromatic carbocycles. The maximum Gasteiger partial charge on any atom is 0.253 e. The van der Waals surface area contributed by atoms with Crippen LogP contribution in [-0.4, -0.2) is 100 Å². The Morgan fingerprint density at radius 2 is 2.09 bits per heavy atom. The summed E-state index contributed by atoms with van der Waals surface area (Å²) in [6.45, 7) is 6.09. The number of ether oxygens (including phenoxy) is 2. The average Bonchev–Trinajstić information content (AvgIpc) is 2.56. The number of hydrogen-bond acceptors (Lipinski definition) is 6. The van der Waals surface area contributed by atoms with Crippen LogP contribution >= 0.6 is 0 Å². The molecular formula is C14H26N4O4. The van der Waals surface area contributed by atoms with Crippen molar-refractivity contribution >= 4 is 11.8 Å². The number of carbonyl (C=O) groups is 2. The van der Waals surface area contributed by atoms with E-state index < -0.39 is 0 Å². The minimum absolute atomic E-state index is 0.00311. The van der Waals surface area contributed by atoms with E-state index in [1.165, 1.54) is 0 Å². The minimum atomic E-state index is -0.363. The molecule has 8 heteroatoms. The van der Waals surface area contributed by atoms with Crippen LogP contribution in [0.4, 0.5) is 0 Å². The van der Waals surface area contributed by atoms with Crippen LogP contribution < -0.4 is 10.6 Å². The molecule has 0 spiro atoms. The van der Waals surface area contributed by atoms with Crippen LogP contribution in [-0.2, 0) is 19.1 Å². The molecule has 0 bridgehead atoms. The van der Waals surface area contributed by atoms with Gasteiger partial charge in [-0.1, -0.05) is 0 Å². The Hall–Kier alpha value is -1.22. The second-order valence-corrected chi connectivity index (χ2v) is 5.51. The fourth-order valence-corrected chi connectivity index (χ4v) is 2.61. The van der Waals surface area contributed by atoms with Crippen molar-refractivity contribution in [2.75, 3.05) is 72.7 Å². The fourth-order valence-electron chi connectivity index (χ4n) is 2.61. The lowest BCUT2D eigenvalue weighted by atomic mass is 10.2. The third-order valence-electron chi connectivity index (χ3n) is 3.88. The van der Waals surface area contributed by atoms with Crippen LogP contribution in [0.5, 0.6) is 0 Å². The van der Waals surface area contributed by atoms with Crippen LogP contribution in [0.2, 0.25) is 0 Å². The molecule has 0 aromatic heterocycles. The fraction of sp³-hybridized carbons (Fsp3) is 0.857. The molecule has 0 radical (unpaired) electrons. The van der Waals surface area contributed by atoms with Gasteiger partial charge >= 0.3 is 0 Å². The molecular weight excluding hydrogens is 288 g/mol. The smallest absolute Gasteiger partial charge is 0.253 e. The van der Waals surface area contributed by atoms with Crippen molar-refractivity contribution in [1.29, 1.82) is 0 Å². The van der Waals surface area contributed by atoms with Crippen LogP contribution in [0.25, 0.3) is 0 Å². The Bertz CT molecular complexity index is 366. The van der Waals surface area contributed by atoms with Gasteiger partial charge in [0.05, 0.1) is 19.8 Å². The van der Waals surface area contributed by atoms with Crippen LogP contribution in [0.15, 0.2) is 0 Å². The highest BCUT2D eigenvalue weighted by atomic mass is 16.5. The van der Waals surface area contributed by atoms with Gasteiger partial charge in [0.25, 0.3) is 5.91 Å². The summed E-state index contributed by atoms with van der Waals surface area (Å²) in [4.78, 5) is 27.9. The van der Waals surface area contributed by atoms with Gasteiger partial charge < -0.3 is 25.0 Å². The van der Waals surface area contributed by atoms with E-state index in [0.29, 0.717) is 59.0 Å². The average molecular weight is 314 g/mol. The van der Waals surface area contributed by atoms with Gasteiger partial charge in [-0.3, -0.25) is 14.5 Å². The van der Waals surface area contributed by atoms with Gasteiger partial charge in [0.15, 0.2) is 0 Å².